The topological polar surface area (TPSA) is 21.3 Å². The number of hydrogen-bond donors (Lipinski definition) is 1. The molecule has 0 aliphatic carbocycles. The molecule has 2 atom stereocenters. The van der Waals surface area contributed by atoms with Gasteiger partial charge in [0, 0.05) is 0 Å². The minimum atomic E-state index is 0.270. The zero-order valence-electron chi connectivity index (χ0n) is 9.49. The van der Waals surface area contributed by atoms with Crippen LogP contribution >= 0.6 is 0 Å². The lowest BCUT2D eigenvalue weighted by molar-refractivity contribution is 0.0116. The van der Waals surface area contributed by atoms with Crippen LogP contribution in [0.1, 0.15) is 37.4 Å². The third kappa shape index (κ3) is 2.21. The predicted molar refractivity (Wildman–Crippen MR) is 61.7 cm³/mol. The summed E-state index contributed by atoms with van der Waals surface area (Å²) < 4.78 is 5.75. The summed E-state index contributed by atoms with van der Waals surface area (Å²) in [7, 11) is 0. The molecule has 0 fully saturated rings. The molecule has 2 nitrogen and oxygen atoms in total. The zero-order chi connectivity index (χ0) is 10.7. The van der Waals surface area contributed by atoms with Crippen molar-refractivity contribution in [2.24, 2.45) is 0 Å². The molecule has 2 heteroatoms. The minimum absolute atomic E-state index is 0.270. The summed E-state index contributed by atoms with van der Waals surface area (Å²) in [5.41, 5.74) is 2.73. The van der Waals surface area contributed by atoms with E-state index in [1.165, 1.54) is 11.1 Å². The van der Waals surface area contributed by atoms with Gasteiger partial charge < -0.3 is 10.1 Å². The number of benzene rings is 1. The third-order valence-corrected chi connectivity index (χ3v) is 2.98. The van der Waals surface area contributed by atoms with E-state index in [2.05, 4.69) is 43.4 Å². The molecule has 1 heterocycles. The van der Waals surface area contributed by atoms with Crippen LogP contribution in [0, 0.1) is 0 Å². The van der Waals surface area contributed by atoms with Gasteiger partial charge in [0.15, 0.2) is 0 Å². The van der Waals surface area contributed by atoms with E-state index in [4.69, 9.17) is 4.74 Å². The van der Waals surface area contributed by atoms with Crippen LogP contribution in [0.3, 0.4) is 0 Å². The molecule has 1 aliphatic heterocycles. The van der Waals surface area contributed by atoms with Crippen LogP contribution in [-0.4, -0.2) is 12.6 Å². The Morgan fingerprint density at radius 3 is 3.00 bits per heavy atom. The molecule has 0 amide bonds. The Hall–Kier alpha value is -0.860. The Balaban J connectivity index is 2.21. The van der Waals surface area contributed by atoms with E-state index in [9.17, 15) is 0 Å². The van der Waals surface area contributed by atoms with E-state index in [0.29, 0.717) is 6.04 Å². The van der Waals surface area contributed by atoms with Crippen molar-refractivity contribution >= 4 is 0 Å². The maximum absolute atomic E-state index is 5.75. The molecule has 0 unspecified atom stereocenters. The van der Waals surface area contributed by atoms with E-state index in [0.717, 1.165) is 19.6 Å². The van der Waals surface area contributed by atoms with Crippen LogP contribution in [0.5, 0.6) is 0 Å². The first-order valence-electron chi connectivity index (χ1n) is 5.75. The number of nitrogens with one attached hydrogen (secondary N) is 1. The Bertz CT molecular complexity index is 324. The van der Waals surface area contributed by atoms with Crippen LogP contribution in [0.2, 0.25) is 0 Å². The lowest BCUT2D eigenvalue weighted by atomic mass is 9.94. The molecule has 0 aromatic heterocycles. The van der Waals surface area contributed by atoms with Crippen molar-refractivity contribution in [2.75, 3.05) is 6.54 Å². The summed E-state index contributed by atoms with van der Waals surface area (Å²) in [4.78, 5) is 0. The monoisotopic (exact) mass is 205 g/mol. The standard InChI is InChI=1S/C13H19NO/c1-3-8-14-13-10(2)15-9-11-6-4-5-7-12(11)13/h4-7,10,13-14H,3,8-9H2,1-2H3/t10-,13-/m1/s1. The Morgan fingerprint density at radius 2 is 2.20 bits per heavy atom. The molecule has 1 N–H and O–H groups in total. The molecule has 2 rings (SSSR count). The predicted octanol–water partition coefficient (Wildman–Crippen LogP) is 2.65. The lowest BCUT2D eigenvalue weighted by Crippen LogP contribution is -2.36. The van der Waals surface area contributed by atoms with Gasteiger partial charge in [-0.05, 0) is 31.0 Å². The average Bonchev–Trinajstić information content (AvgIpc) is 2.28. The fourth-order valence-corrected chi connectivity index (χ4v) is 2.12. The maximum Gasteiger partial charge on any atom is 0.0746 e. The molecule has 1 aromatic carbocycles. The zero-order valence-corrected chi connectivity index (χ0v) is 9.49. The number of fused-ring (bicyclic) bond motifs is 1. The van der Waals surface area contributed by atoms with Gasteiger partial charge in [-0.25, -0.2) is 0 Å². The third-order valence-electron chi connectivity index (χ3n) is 2.98. The summed E-state index contributed by atoms with van der Waals surface area (Å²) in [6, 6.07) is 8.91. The van der Waals surface area contributed by atoms with Crippen molar-refractivity contribution in [3.8, 4) is 0 Å². The SMILES string of the molecule is CCCN[C@H]1c2ccccc2CO[C@@H]1C. The smallest absolute Gasteiger partial charge is 0.0746 e. The van der Waals surface area contributed by atoms with Crippen LogP contribution in [0.15, 0.2) is 24.3 Å². The van der Waals surface area contributed by atoms with Crippen LogP contribution < -0.4 is 5.32 Å². The molecule has 0 bridgehead atoms. The Labute approximate surface area is 91.6 Å². The fraction of sp³-hybridized carbons (Fsp3) is 0.538. The largest absolute Gasteiger partial charge is 0.372 e. The van der Waals surface area contributed by atoms with Gasteiger partial charge in [0.1, 0.15) is 0 Å². The Kier molecular flexibility index (Phi) is 3.39. The van der Waals surface area contributed by atoms with Gasteiger partial charge >= 0.3 is 0 Å². The summed E-state index contributed by atoms with van der Waals surface area (Å²) in [5, 5.41) is 3.55. The molecule has 0 saturated carbocycles. The van der Waals surface area contributed by atoms with Crippen molar-refractivity contribution in [1.29, 1.82) is 0 Å². The first kappa shape index (κ1) is 10.7. The first-order valence-corrected chi connectivity index (χ1v) is 5.75. The van der Waals surface area contributed by atoms with E-state index >= 15 is 0 Å². The highest BCUT2D eigenvalue weighted by Gasteiger charge is 2.25. The minimum Gasteiger partial charge on any atom is -0.372 e. The van der Waals surface area contributed by atoms with E-state index < -0.39 is 0 Å². The summed E-state index contributed by atoms with van der Waals surface area (Å²) in [6.07, 6.45) is 1.43. The second-order valence-electron chi connectivity index (χ2n) is 4.15. The van der Waals surface area contributed by atoms with Gasteiger partial charge in [0.25, 0.3) is 0 Å². The highest BCUT2D eigenvalue weighted by molar-refractivity contribution is 5.31. The van der Waals surface area contributed by atoms with Crippen molar-refractivity contribution in [2.45, 2.75) is 39.0 Å². The number of hydrogen-bond acceptors (Lipinski definition) is 2. The van der Waals surface area contributed by atoms with E-state index in [-0.39, 0.29) is 6.10 Å². The Morgan fingerprint density at radius 1 is 1.40 bits per heavy atom. The van der Waals surface area contributed by atoms with Gasteiger partial charge in [0.2, 0.25) is 0 Å². The second kappa shape index (κ2) is 4.77. The van der Waals surface area contributed by atoms with Crippen molar-refractivity contribution < 1.29 is 4.74 Å². The van der Waals surface area contributed by atoms with Crippen LogP contribution in [-0.2, 0) is 11.3 Å². The van der Waals surface area contributed by atoms with E-state index in [1.54, 1.807) is 0 Å². The second-order valence-corrected chi connectivity index (χ2v) is 4.15. The lowest BCUT2D eigenvalue weighted by Gasteiger charge is -2.32. The van der Waals surface area contributed by atoms with Crippen LogP contribution in [0.4, 0.5) is 0 Å². The number of rotatable bonds is 3. The number of ether oxygens (including phenoxy) is 1. The molecule has 0 saturated heterocycles. The molecule has 82 valence electrons. The maximum atomic E-state index is 5.75. The highest BCUT2D eigenvalue weighted by atomic mass is 16.5. The van der Waals surface area contributed by atoms with Crippen molar-refractivity contribution in [3.63, 3.8) is 0 Å². The first-order chi connectivity index (χ1) is 7.33. The van der Waals surface area contributed by atoms with Gasteiger partial charge in [0.05, 0.1) is 18.8 Å². The summed E-state index contributed by atoms with van der Waals surface area (Å²) >= 11 is 0. The molecule has 1 aromatic rings. The van der Waals surface area contributed by atoms with Gasteiger partial charge in [-0.15, -0.1) is 0 Å². The molecule has 15 heavy (non-hydrogen) atoms. The van der Waals surface area contributed by atoms with Crippen molar-refractivity contribution in [3.05, 3.63) is 35.4 Å². The quantitative estimate of drug-likeness (QED) is 0.819. The molecule has 1 aliphatic rings. The van der Waals surface area contributed by atoms with Crippen LogP contribution in [0.25, 0.3) is 0 Å². The summed E-state index contributed by atoms with van der Waals surface area (Å²) in [6.45, 7) is 6.13. The van der Waals surface area contributed by atoms with Gasteiger partial charge in [-0.3, -0.25) is 0 Å². The van der Waals surface area contributed by atoms with Crippen molar-refractivity contribution in [1.82, 2.24) is 5.32 Å². The van der Waals surface area contributed by atoms with E-state index in [1.807, 2.05) is 0 Å². The highest BCUT2D eigenvalue weighted by Crippen LogP contribution is 2.28. The molecule has 0 radical (unpaired) electrons. The molecule has 0 spiro atoms. The summed E-state index contributed by atoms with van der Waals surface area (Å²) in [5.74, 6) is 0. The van der Waals surface area contributed by atoms with Gasteiger partial charge in [-0.1, -0.05) is 31.2 Å². The normalized spacial score (nSPS) is 24.9. The average molecular weight is 205 g/mol. The molecular formula is C13H19NO. The fourth-order valence-electron chi connectivity index (χ4n) is 2.12. The molecular weight excluding hydrogens is 186 g/mol. The van der Waals surface area contributed by atoms with Gasteiger partial charge in [-0.2, -0.15) is 0 Å².